The van der Waals surface area contributed by atoms with Gasteiger partial charge in [-0.2, -0.15) is 17.5 Å². The van der Waals surface area contributed by atoms with E-state index in [1.807, 2.05) is 11.0 Å². The highest BCUT2D eigenvalue weighted by Gasteiger charge is 2.36. The molecule has 27 heavy (non-hydrogen) atoms. The molecule has 1 aliphatic heterocycles. The lowest BCUT2D eigenvalue weighted by Gasteiger charge is -2.35. The molecule has 0 saturated carbocycles. The van der Waals surface area contributed by atoms with Crippen LogP contribution < -0.4 is 4.90 Å². The minimum atomic E-state index is -4.73. The van der Waals surface area contributed by atoms with Gasteiger partial charge in [-0.05, 0) is 36.4 Å². The number of nitrogens with zero attached hydrogens (tertiary/aromatic N) is 2. The van der Waals surface area contributed by atoms with Crippen LogP contribution in [0.15, 0.2) is 47.4 Å². The SMILES string of the molecule is O=S(=O)(c1ccc(Cl)c(C(F)(F)F)c1)N1CCN(c2cccc(Cl)c2)CC1. The topological polar surface area (TPSA) is 40.6 Å². The second-order valence-corrected chi connectivity index (χ2v) is 8.79. The second kappa shape index (κ2) is 7.50. The van der Waals surface area contributed by atoms with Crippen molar-refractivity contribution in [3.05, 3.63) is 58.1 Å². The molecule has 0 spiro atoms. The van der Waals surface area contributed by atoms with Crippen LogP contribution in [-0.2, 0) is 16.2 Å². The van der Waals surface area contributed by atoms with Crippen LogP contribution in [-0.4, -0.2) is 38.9 Å². The molecule has 0 aromatic heterocycles. The van der Waals surface area contributed by atoms with Gasteiger partial charge in [-0.3, -0.25) is 0 Å². The van der Waals surface area contributed by atoms with E-state index in [1.165, 1.54) is 4.31 Å². The monoisotopic (exact) mass is 438 g/mol. The highest BCUT2D eigenvalue weighted by Crippen LogP contribution is 2.36. The van der Waals surface area contributed by atoms with Crippen molar-refractivity contribution in [3.63, 3.8) is 0 Å². The van der Waals surface area contributed by atoms with E-state index in [2.05, 4.69) is 0 Å². The van der Waals surface area contributed by atoms with Gasteiger partial charge in [0, 0.05) is 36.9 Å². The standard InChI is InChI=1S/C17H15Cl2F3N2O2S/c18-12-2-1-3-13(10-12)23-6-8-24(9-7-23)27(25,26)14-4-5-16(19)15(11-14)17(20,21)22/h1-5,10-11H,6-9H2. The maximum atomic E-state index is 13.0. The molecule has 0 aliphatic carbocycles. The first-order valence-electron chi connectivity index (χ1n) is 7.96. The Balaban J connectivity index is 1.79. The first kappa shape index (κ1) is 20.3. The summed E-state index contributed by atoms with van der Waals surface area (Å²) in [4.78, 5) is 1.55. The van der Waals surface area contributed by atoms with Gasteiger partial charge >= 0.3 is 6.18 Å². The molecular formula is C17H15Cl2F3N2O2S. The second-order valence-electron chi connectivity index (χ2n) is 6.01. The average Bonchev–Trinajstić information content (AvgIpc) is 2.61. The molecular weight excluding hydrogens is 424 g/mol. The molecule has 0 radical (unpaired) electrons. The number of sulfonamides is 1. The predicted octanol–water partition coefficient (Wildman–Crippen LogP) is 4.52. The average molecular weight is 439 g/mol. The lowest BCUT2D eigenvalue weighted by molar-refractivity contribution is -0.137. The summed E-state index contributed by atoms with van der Waals surface area (Å²) in [7, 11) is -4.05. The van der Waals surface area contributed by atoms with E-state index in [0.717, 1.165) is 17.8 Å². The summed E-state index contributed by atoms with van der Waals surface area (Å²) in [5.41, 5.74) is -0.298. The molecule has 0 amide bonds. The normalized spacial score (nSPS) is 16.6. The van der Waals surface area contributed by atoms with Crippen LogP contribution in [0.3, 0.4) is 0 Å². The Hall–Kier alpha value is -1.48. The van der Waals surface area contributed by atoms with Crippen LogP contribution in [0, 0.1) is 0 Å². The zero-order valence-electron chi connectivity index (χ0n) is 13.9. The molecule has 1 aliphatic rings. The Morgan fingerprint density at radius 3 is 2.19 bits per heavy atom. The number of halogens is 5. The van der Waals surface area contributed by atoms with E-state index < -0.39 is 31.7 Å². The maximum absolute atomic E-state index is 13.0. The lowest BCUT2D eigenvalue weighted by Crippen LogP contribution is -2.48. The molecule has 2 aromatic rings. The van der Waals surface area contributed by atoms with Crippen LogP contribution >= 0.6 is 23.2 Å². The molecule has 1 saturated heterocycles. The van der Waals surface area contributed by atoms with Gasteiger partial charge in [-0.25, -0.2) is 8.42 Å². The number of piperazine rings is 1. The van der Waals surface area contributed by atoms with Gasteiger partial charge < -0.3 is 4.90 Å². The predicted molar refractivity (Wildman–Crippen MR) is 98.9 cm³/mol. The number of alkyl halides is 3. The van der Waals surface area contributed by atoms with Crippen molar-refractivity contribution in [2.45, 2.75) is 11.1 Å². The minimum absolute atomic E-state index is 0.152. The molecule has 10 heteroatoms. The summed E-state index contributed by atoms with van der Waals surface area (Å²) >= 11 is 11.5. The van der Waals surface area contributed by atoms with Crippen molar-refractivity contribution in [1.82, 2.24) is 4.31 Å². The minimum Gasteiger partial charge on any atom is -0.369 e. The van der Waals surface area contributed by atoms with Crippen molar-refractivity contribution in [2.75, 3.05) is 31.1 Å². The molecule has 1 heterocycles. The van der Waals surface area contributed by atoms with E-state index in [1.54, 1.807) is 18.2 Å². The summed E-state index contributed by atoms with van der Waals surface area (Å²) in [5, 5.41) is 0.0376. The number of rotatable bonds is 3. The summed E-state index contributed by atoms with van der Waals surface area (Å²) in [5.74, 6) is 0. The van der Waals surface area contributed by atoms with Crippen molar-refractivity contribution in [2.24, 2.45) is 0 Å². The highest BCUT2D eigenvalue weighted by molar-refractivity contribution is 7.89. The molecule has 0 bridgehead atoms. The van der Waals surface area contributed by atoms with Crippen LogP contribution in [0.1, 0.15) is 5.56 Å². The van der Waals surface area contributed by atoms with Crippen molar-refractivity contribution >= 4 is 38.9 Å². The van der Waals surface area contributed by atoms with Crippen LogP contribution in [0.25, 0.3) is 0 Å². The Morgan fingerprint density at radius 1 is 0.926 bits per heavy atom. The molecule has 3 rings (SSSR count). The quantitative estimate of drug-likeness (QED) is 0.706. The first-order valence-corrected chi connectivity index (χ1v) is 10.2. The van der Waals surface area contributed by atoms with Crippen LogP contribution in [0.2, 0.25) is 10.0 Å². The molecule has 2 aromatic carbocycles. The molecule has 146 valence electrons. The molecule has 4 nitrogen and oxygen atoms in total. The zero-order valence-corrected chi connectivity index (χ0v) is 16.2. The van der Waals surface area contributed by atoms with Crippen LogP contribution in [0.5, 0.6) is 0 Å². The smallest absolute Gasteiger partial charge is 0.369 e. The third-order valence-corrected chi connectivity index (χ3v) is 6.75. The van der Waals surface area contributed by atoms with Crippen LogP contribution in [0.4, 0.5) is 18.9 Å². The van der Waals surface area contributed by atoms with Gasteiger partial charge in [0.1, 0.15) is 0 Å². The number of anilines is 1. The Morgan fingerprint density at radius 2 is 1.59 bits per heavy atom. The summed E-state index contributed by atoms with van der Waals surface area (Å²) in [6.07, 6.45) is -4.73. The Kier molecular flexibility index (Phi) is 5.63. The van der Waals surface area contributed by atoms with Crippen molar-refractivity contribution < 1.29 is 21.6 Å². The van der Waals surface area contributed by atoms with Gasteiger partial charge in [-0.15, -0.1) is 0 Å². The summed E-state index contributed by atoms with van der Waals surface area (Å²) < 4.78 is 65.7. The zero-order chi connectivity index (χ0) is 19.8. The van der Waals surface area contributed by atoms with Gasteiger partial charge in [0.05, 0.1) is 15.5 Å². The lowest BCUT2D eigenvalue weighted by atomic mass is 10.2. The fourth-order valence-electron chi connectivity index (χ4n) is 2.89. The number of hydrogen-bond acceptors (Lipinski definition) is 3. The van der Waals surface area contributed by atoms with Gasteiger partial charge in [0.2, 0.25) is 10.0 Å². The third kappa shape index (κ3) is 4.34. The number of hydrogen-bond donors (Lipinski definition) is 0. The Labute approximate surface area is 165 Å². The van der Waals surface area contributed by atoms with Gasteiger partial charge in [-0.1, -0.05) is 29.3 Å². The largest absolute Gasteiger partial charge is 0.417 e. The van der Waals surface area contributed by atoms with E-state index in [0.29, 0.717) is 24.2 Å². The Bertz CT molecular complexity index is 943. The summed E-state index contributed by atoms with van der Waals surface area (Å²) in [6, 6.07) is 9.82. The molecule has 0 unspecified atom stereocenters. The molecule has 0 N–H and O–H groups in total. The fourth-order valence-corrected chi connectivity index (χ4v) is 4.75. The van der Waals surface area contributed by atoms with E-state index in [4.69, 9.17) is 23.2 Å². The van der Waals surface area contributed by atoms with Gasteiger partial charge in [0.25, 0.3) is 0 Å². The van der Waals surface area contributed by atoms with E-state index in [-0.39, 0.29) is 13.1 Å². The summed E-state index contributed by atoms with van der Waals surface area (Å²) in [6.45, 7) is 1.11. The van der Waals surface area contributed by atoms with E-state index >= 15 is 0 Å². The number of benzene rings is 2. The molecule has 0 atom stereocenters. The highest BCUT2D eigenvalue weighted by atomic mass is 35.5. The maximum Gasteiger partial charge on any atom is 0.417 e. The molecule has 1 fully saturated rings. The van der Waals surface area contributed by atoms with Crippen molar-refractivity contribution in [3.8, 4) is 0 Å². The third-order valence-electron chi connectivity index (χ3n) is 4.29. The fraction of sp³-hybridized carbons (Fsp3) is 0.294. The van der Waals surface area contributed by atoms with E-state index in [9.17, 15) is 21.6 Å². The van der Waals surface area contributed by atoms with Crippen molar-refractivity contribution in [1.29, 1.82) is 0 Å². The van der Waals surface area contributed by atoms with Gasteiger partial charge in [0.15, 0.2) is 0 Å². The first-order chi connectivity index (χ1) is 12.6.